The van der Waals surface area contributed by atoms with Crippen LogP contribution in [0.2, 0.25) is 0 Å². The number of anilines is 4. The Morgan fingerprint density at radius 1 is 1.33 bits per heavy atom. The molecule has 30 heavy (non-hydrogen) atoms. The van der Waals surface area contributed by atoms with Crippen LogP contribution in [0.3, 0.4) is 0 Å². The minimum absolute atomic E-state index is 0.0163. The zero-order valence-corrected chi connectivity index (χ0v) is 16.7. The fraction of sp³-hybridized carbons (Fsp3) is 0.400. The lowest BCUT2D eigenvalue weighted by Crippen LogP contribution is -2.29. The van der Waals surface area contributed by atoms with Crippen molar-refractivity contribution in [3.8, 4) is 0 Å². The number of ether oxygens (including phenoxy) is 1. The molecular weight excluding hydrogens is 386 g/mol. The molecule has 10 heteroatoms. The lowest BCUT2D eigenvalue weighted by molar-refractivity contribution is -0.139. The molecule has 1 aliphatic carbocycles. The Balaban J connectivity index is 1.50. The Morgan fingerprint density at radius 2 is 2.13 bits per heavy atom. The minimum Gasteiger partial charge on any atom is -0.469 e. The highest BCUT2D eigenvalue weighted by Gasteiger charge is 2.20. The fourth-order valence-corrected chi connectivity index (χ4v) is 3.56. The maximum absolute atomic E-state index is 11.4. The van der Waals surface area contributed by atoms with Crippen LogP contribution in [-0.4, -0.2) is 49.9 Å². The maximum atomic E-state index is 11.4. The maximum Gasteiger partial charge on any atom is 0.311 e. The first-order valence-corrected chi connectivity index (χ1v) is 9.90. The fourth-order valence-electron chi connectivity index (χ4n) is 3.56. The first-order chi connectivity index (χ1) is 14.5. The molecule has 4 rings (SSSR count). The Morgan fingerprint density at radius 3 is 2.87 bits per heavy atom. The van der Waals surface area contributed by atoms with Crippen LogP contribution in [-0.2, 0) is 16.0 Å². The summed E-state index contributed by atoms with van der Waals surface area (Å²) >= 11 is 0. The number of carbonyl (C=O) groups is 1. The van der Waals surface area contributed by atoms with Gasteiger partial charge in [-0.1, -0.05) is 6.07 Å². The molecule has 0 amide bonds. The third-order valence-electron chi connectivity index (χ3n) is 5.21. The molecule has 10 nitrogen and oxygen atoms in total. The Hall–Kier alpha value is -3.40. The number of nitrogens with zero attached hydrogens (tertiary/aromatic N) is 4. The molecule has 0 radical (unpaired) electrons. The number of methoxy groups -OCH3 is 1. The average Bonchev–Trinajstić information content (AvgIpc) is 3.15. The smallest absolute Gasteiger partial charge is 0.311 e. The molecule has 5 N–H and O–H groups in total. The molecule has 0 atom stereocenters. The van der Waals surface area contributed by atoms with Gasteiger partial charge in [0.15, 0.2) is 5.65 Å². The first kappa shape index (κ1) is 19.9. The van der Waals surface area contributed by atoms with Crippen molar-refractivity contribution < 1.29 is 14.6 Å². The number of hydrogen-bond acceptors (Lipinski definition) is 9. The number of nitrogen functional groups attached to an aromatic ring is 1. The zero-order chi connectivity index (χ0) is 21.1. The SMILES string of the molecule is COC(=O)Cc1ncc(Nc2nc3cccc(NC4CCC(O)CC4)n3n2)cc1N. The number of nitrogens with one attached hydrogen (secondary N) is 2. The number of rotatable bonds is 6. The Labute approximate surface area is 173 Å². The van der Waals surface area contributed by atoms with Gasteiger partial charge in [-0.15, -0.1) is 5.10 Å². The molecular formula is C20H25N7O3. The highest BCUT2D eigenvalue weighted by Crippen LogP contribution is 2.24. The number of hydrogen-bond donors (Lipinski definition) is 4. The summed E-state index contributed by atoms with van der Waals surface area (Å²) < 4.78 is 6.39. The third kappa shape index (κ3) is 4.43. The summed E-state index contributed by atoms with van der Waals surface area (Å²) in [6.45, 7) is 0. The molecule has 0 aliphatic heterocycles. The summed E-state index contributed by atoms with van der Waals surface area (Å²) in [7, 11) is 1.32. The van der Waals surface area contributed by atoms with Gasteiger partial charge in [-0.3, -0.25) is 9.78 Å². The number of esters is 1. The van der Waals surface area contributed by atoms with Crippen molar-refractivity contribution in [3.63, 3.8) is 0 Å². The Kier molecular flexibility index (Phi) is 5.66. The first-order valence-electron chi connectivity index (χ1n) is 9.90. The van der Waals surface area contributed by atoms with E-state index in [1.165, 1.54) is 7.11 Å². The van der Waals surface area contributed by atoms with Crippen LogP contribution in [0.4, 0.5) is 23.1 Å². The molecule has 158 valence electrons. The van der Waals surface area contributed by atoms with Crippen molar-refractivity contribution in [2.45, 2.75) is 44.2 Å². The van der Waals surface area contributed by atoms with Gasteiger partial charge in [0.1, 0.15) is 5.82 Å². The second-order valence-electron chi connectivity index (χ2n) is 7.40. The van der Waals surface area contributed by atoms with Crippen LogP contribution in [0.5, 0.6) is 0 Å². The molecule has 0 unspecified atom stereocenters. The molecule has 0 saturated heterocycles. The number of aliphatic hydroxyl groups is 1. The van der Waals surface area contributed by atoms with Gasteiger partial charge in [-0.2, -0.15) is 9.50 Å². The summed E-state index contributed by atoms with van der Waals surface area (Å²) in [6.07, 6.45) is 4.84. The molecule has 1 aliphatic rings. The second-order valence-corrected chi connectivity index (χ2v) is 7.40. The normalized spacial score (nSPS) is 18.9. The van der Waals surface area contributed by atoms with E-state index in [4.69, 9.17) is 5.73 Å². The van der Waals surface area contributed by atoms with Gasteiger partial charge in [-0.05, 0) is 43.9 Å². The number of nitrogens with two attached hydrogens (primary N) is 1. The predicted molar refractivity (Wildman–Crippen MR) is 113 cm³/mol. The van der Waals surface area contributed by atoms with E-state index in [1.807, 2.05) is 18.2 Å². The largest absolute Gasteiger partial charge is 0.469 e. The van der Waals surface area contributed by atoms with E-state index >= 15 is 0 Å². The Bertz CT molecular complexity index is 1040. The monoisotopic (exact) mass is 411 g/mol. The van der Waals surface area contributed by atoms with E-state index < -0.39 is 5.97 Å². The van der Waals surface area contributed by atoms with E-state index in [9.17, 15) is 9.90 Å². The molecule has 0 aromatic carbocycles. The molecule has 0 bridgehead atoms. The van der Waals surface area contributed by atoms with E-state index in [2.05, 4.69) is 30.4 Å². The van der Waals surface area contributed by atoms with Crippen molar-refractivity contribution in [1.29, 1.82) is 0 Å². The van der Waals surface area contributed by atoms with Crippen LogP contribution in [0.25, 0.3) is 5.65 Å². The van der Waals surface area contributed by atoms with E-state index in [0.717, 1.165) is 31.5 Å². The van der Waals surface area contributed by atoms with Crippen LogP contribution >= 0.6 is 0 Å². The predicted octanol–water partition coefficient (Wildman–Crippen LogP) is 1.88. The van der Waals surface area contributed by atoms with Gasteiger partial charge in [0.2, 0.25) is 5.95 Å². The van der Waals surface area contributed by atoms with Gasteiger partial charge in [0, 0.05) is 6.04 Å². The van der Waals surface area contributed by atoms with Gasteiger partial charge in [-0.25, -0.2) is 0 Å². The minimum atomic E-state index is -0.399. The van der Waals surface area contributed by atoms with Crippen LogP contribution in [0, 0.1) is 0 Å². The van der Waals surface area contributed by atoms with Gasteiger partial charge < -0.3 is 26.2 Å². The van der Waals surface area contributed by atoms with Crippen LogP contribution in [0.1, 0.15) is 31.4 Å². The van der Waals surface area contributed by atoms with Crippen molar-refractivity contribution >= 4 is 34.8 Å². The number of fused-ring (bicyclic) bond motifs is 1. The number of aromatic nitrogens is 4. The number of carbonyl (C=O) groups excluding carboxylic acids is 1. The van der Waals surface area contributed by atoms with Crippen molar-refractivity contribution in [3.05, 3.63) is 36.2 Å². The molecule has 1 saturated carbocycles. The van der Waals surface area contributed by atoms with Crippen LogP contribution in [0.15, 0.2) is 30.5 Å². The third-order valence-corrected chi connectivity index (χ3v) is 5.21. The van der Waals surface area contributed by atoms with Crippen molar-refractivity contribution in [2.24, 2.45) is 0 Å². The summed E-state index contributed by atoms with van der Waals surface area (Å²) in [5, 5.41) is 20.9. The molecule has 3 aromatic rings. The summed E-state index contributed by atoms with van der Waals surface area (Å²) in [5.74, 6) is 0.857. The lowest BCUT2D eigenvalue weighted by Gasteiger charge is -2.26. The van der Waals surface area contributed by atoms with Gasteiger partial charge >= 0.3 is 5.97 Å². The summed E-state index contributed by atoms with van der Waals surface area (Å²) in [5.41, 5.74) is 8.16. The van der Waals surface area contributed by atoms with Gasteiger partial charge in [0.05, 0.1) is 42.9 Å². The highest BCUT2D eigenvalue weighted by atomic mass is 16.5. The van der Waals surface area contributed by atoms with Gasteiger partial charge in [0.25, 0.3) is 0 Å². The average molecular weight is 411 g/mol. The van der Waals surface area contributed by atoms with E-state index in [-0.39, 0.29) is 12.5 Å². The summed E-state index contributed by atoms with van der Waals surface area (Å²) in [4.78, 5) is 20.2. The van der Waals surface area contributed by atoms with Crippen molar-refractivity contribution in [1.82, 2.24) is 19.6 Å². The van der Waals surface area contributed by atoms with Crippen LogP contribution < -0.4 is 16.4 Å². The lowest BCUT2D eigenvalue weighted by atomic mass is 9.93. The molecule has 3 heterocycles. The molecule has 1 fully saturated rings. The molecule has 0 spiro atoms. The quantitative estimate of drug-likeness (QED) is 0.448. The molecule has 3 aromatic heterocycles. The van der Waals surface area contributed by atoms with E-state index in [0.29, 0.717) is 34.7 Å². The number of pyridine rings is 2. The van der Waals surface area contributed by atoms with Crippen molar-refractivity contribution in [2.75, 3.05) is 23.5 Å². The topological polar surface area (TPSA) is 140 Å². The summed E-state index contributed by atoms with van der Waals surface area (Å²) in [6, 6.07) is 7.74. The highest BCUT2D eigenvalue weighted by molar-refractivity contribution is 5.74. The van der Waals surface area contributed by atoms with E-state index in [1.54, 1.807) is 16.8 Å². The zero-order valence-electron chi connectivity index (χ0n) is 16.7. The second kappa shape index (κ2) is 8.54. The number of aliphatic hydroxyl groups excluding tert-OH is 1. The standard InChI is InChI=1S/C20H25N7O3/c1-30-19(29)10-16-15(21)9-13(11-22-16)24-20-25-18-4-2-3-17(27(18)26-20)23-12-5-7-14(28)8-6-12/h2-4,9,11-12,14,23,28H,5-8,10,21H2,1H3,(H,24,26).